The summed E-state index contributed by atoms with van der Waals surface area (Å²) in [6.45, 7) is 3.17. The van der Waals surface area contributed by atoms with Crippen molar-refractivity contribution in [2.75, 3.05) is 39.3 Å². The number of fused-ring (bicyclic) bond motifs is 1. The van der Waals surface area contributed by atoms with Crippen molar-refractivity contribution in [2.45, 2.75) is 12.1 Å². The first-order chi connectivity index (χ1) is 16.0. The number of aliphatic hydroxyl groups excluding tert-OH is 1. The first kappa shape index (κ1) is 21.8. The molecule has 0 bridgehead atoms. The summed E-state index contributed by atoms with van der Waals surface area (Å²) in [5, 5.41) is 12.3. The van der Waals surface area contributed by atoms with Crippen LogP contribution in [0.3, 0.4) is 0 Å². The van der Waals surface area contributed by atoms with Crippen molar-refractivity contribution in [3.8, 4) is 0 Å². The molecule has 0 spiro atoms. The number of likely N-dealkylation sites (tertiary alicyclic amines) is 1. The summed E-state index contributed by atoms with van der Waals surface area (Å²) < 4.78 is 0. The molecule has 8 heteroatoms. The molecule has 0 saturated carbocycles. The van der Waals surface area contributed by atoms with Gasteiger partial charge in [-0.05, 0) is 36.4 Å². The first-order valence-electron chi connectivity index (χ1n) is 11.1. The van der Waals surface area contributed by atoms with Gasteiger partial charge in [-0.2, -0.15) is 0 Å². The molecule has 2 atom stereocenters. The van der Waals surface area contributed by atoms with Crippen LogP contribution in [0.1, 0.15) is 20.8 Å². The molecule has 3 aromatic rings. The average Bonchev–Trinajstić information content (AvgIpc) is 3.25. The van der Waals surface area contributed by atoms with Crippen molar-refractivity contribution in [3.63, 3.8) is 0 Å². The van der Waals surface area contributed by atoms with E-state index in [-0.39, 0.29) is 24.4 Å². The number of carbonyl (C=O) groups is 2. The molecule has 1 aromatic heterocycles. The summed E-state index contributed by atoms with van der Waals surface area (Å²) >= 11 is 5.92. The van der Waals surface area contributed by atoms with Crippen LogP contribution in [0.15, 0.2) is 60.7 Å². The highest BCUT2D eigenvalue weighted by Crippen LogP contribution is 2.22. The maximum atomic E-state index is 13.1. The van der Waals surface area contributed by atoms with E-state index < -0.39 is 6.10 Å². The van der Waals surface area contributed by atoms with Gasteiger partial charge in [0.15, 0.2) is 0 Å². The maximum Gasteiger partial charge on any atom is 0.272 e. The highest BCUT2D eigenvalue weighted by Gasteiger charge is 2.39. The Hall–Kier alpha value is -3.00. The van der Waals surface area contributed by atoms with Gasteiger partial charge in [-0.1, -0.05) is 35.9 Å². The van der Waals surface area contributed by atoms with Crippen LogP contribution in [0.5, 0.6) is 0 Å². The number of hydrogen-bond donors (Lipinski definition) is 1. The molecule has 0 aliphatic carbocycles. The lowest BCUT2D eigenvalue weighted by Crippen LogP contribution is -2.54. The summed E-state index contributed by atoms with van der Waals surface area (Å²) in [5.41, 5.74) is 1.79. The van der Waals surface area contributed by atoms with Crippen LogP contribution in [0.25, 0.3) is 10.9 Å². The van der Waals surface area contributed by atoms with E-state index in [1.807, 2.05) is 35.2 Å². The monoisotopic (exact) mass is 464 g/mol. The van der Waals surface area contributed by atoms with Crippen LogP contribution in [0.2, 0.25) is 5.02 Å². The largest absolute Gasteiger partial charge is 0.390 e. The van der Waals surface area contributed by atoms with Gasteiger partial charge in [0.05, 0.1) is 17.7 Å². The van der Waals surface area contributed by atoms with E-state index in [1.54, 1.807) is 35.2 Å². The van der Waals surface area contributed by atoms with E-state index in [4.69, 9.17) is 11.6 Å². The maximum absolute atomic E-state index is 13.1. The van der Waals surface area contributed by atoms with Gasteiger partial charge in [0.1, 0.15) is 5.69 Å². The highest BCUT2D eigenvalue weighted by molar-refractivity contribution is 6.30. The summed E-state index contributed by atoms with van der Waals surface area (Å²) in [6.07, 6.45) is -0.632. The normalized spacial score (nSPS) is 21.5. The third kappa shape index (κ3) is 4.44. The minimum Gasteiger partial charge on any atom is -0.390 e. The number of halogens is 1. The Kier molecular flexibility index (Phi) is 6.01. The predicted molar refractivity (Wildman–Crippen MR) is 126 cm³/mol. The number of aliphatic hydroxyl groups is 1. The number of carbonyl (C=O) groups excluding carboxylic acids is 2. The number of hydrogen-bond acceptors (Lipinski definition) is 5. The number of aromatic nitrogens is 1. The number of β-amino-alcohol motifs (C(OH)–C–C–N with tert-alkyl or cyclic N) is 1. The minimum absolute atomic E-state index is 0.0162. The molecular formula is C25H25ClN4O3. The van der Waals surface area contributed by atoms with Crippen LogP contribution in [-0.2, 0) is 0 Å². The number of nitrogens with zero attached hydrogens (tertiary/aromatic N) is 4. The Morgan fingerprint density at radius 3 is 2.33 bits per heavy atom. The van der Waals surface area contributed by atoms with E-state index in [1.165, 1.54) is 0 Å². The van der Waals surface area contributed by atoms with Gasteiger partial charge in [-0.15, -0.1) is 0 Å². The van der Waals surface area contributed by atoms with E-state index in [0.717, 1.165) is 10.9 Å². The van der Waals surface area contributed by atoms with Crippen molar-refractivity contribution in [2.24, 2.45) is 0 Å². The molecule has 170 valence electrons. The molecule has 2 aromatic carbocycles. The highest BCUT2D eigenvalue weighted by atomic mass is 35.5. The Bertz CT molecular complexity index is 1180. The molecule has 1 N–H and O–H groups in total. The smallest absolute Gasteiger partial charge is 0.272 e. The van der Waals surface area contributed by atoms with Crippen molar-refractivity contribution in [3.05, 3.63) is 76.9 Å². The Morgan fingerprint density at radius 1 is 0.848 bits per heavy atom. The zero-order valence-corrected chi connectivity index (χ0v) is 18.9. The summed E-state index contributed by atoms with van der Waals surface area (Å²) in [4.78, 5) is 36.0. The van der Waals surface area contributed by atoms with Gasteiger partial charge >= 0.3 is 0 Å². The van der Waals surface area contributed by atoms with Crippen LogP contribution in [0, 0.1) is 0 Å². The van der Waals surface area contributed by atoms with Crippen molar-refractivity contribution in [1.82, 2.24) is 19.7 Å². The van der Waals surface area contributed by atoms with E-state index >= 15 is 0 Å². The van der Waals surface area contributed by atoms with Gasteiger partial charge in [0.2, 0.25) is 0 Å². The van der Waals surface area contributed by atoms with Crippen LogP contribution in [-0.4, -0.2) is 88.0 Å². The Balaban J connectivity index is 1.21. The number of amides is 2. The first-order valence-corrected chi connectivity index (χ1v) is 11.5. The van der Waals surface area contributed by atoms with Crippen LogP contribution < -0.4 is 0 Å². The SMILES string of the molecule is O=C(c1ccc(Cl)cc1)N1CCN([C@@H]2CN(C(=O)c3ccc4ccccc4n3)C[C@H]2O)CC1. The molecular weight excluding hydrogens is 440 g/mol. The second-order valence-electron chi connectivity index (χ2n) is 8.57. The molecule has 2 saturated heterocycles. The second-order valence-corrected chi connectivity index (χ2v) is 9.01. The lowest BCUT2D eigenvalue weighted by Gasteiger charge is -2.38. The lowest BCUT2D eigenvalue weighted by molar-refractivity contribution is 0.0376. The van der Waals surface area contributed by atoms with Crippen LogP contribution >= 0.6 is 11.6 Å². The molecule has 7 nitrogen and oxygen atoms in total. The fourth-order valence-electron chi connectivity index (χ4n) is 4.67. The fourth-order valence-corrected chi connectivity index (χ4v) is 4.80. The average molecular weight is 465 g/mol. The molecule has 0 radical (unpaired) electrons. The molecule has 0 unspecified atom stereocenters. The van der Waals surface area contributed by atoms with E-state index in [9.17, 15) is 14.7 Å². The van der Waals surface area contributed by atoms with Crippen LogP contribution in [0.4, 0.5) is 0 Å². The number of benzene rings is 2. The minimum atomic E-state index is -0.632. The zero-order valence-electron chi connectivity index (χ0n) is 18.1. The quantitative estimate of drug-likeness (QED) is 0.644. The third-order valence-corrected chi connectivity index (χ3v) is 6.78. The van der Waals surface area contributed by atoms with Gasteiger partial charge in [0.25, 0.3) is 11.8 Å². The fraction of sp³-hybridized carbons (Fsp3) is 0.320. The van der Waals surface area contributed by atoms with E-state index in [0.29, 0.717) is 49.0 Å². The van der Waals surface area contributed by atoms with Crippen molar-refractivity contribution < 1.29 is 14.7 Å². The number of para-hydroxylation sites is 1. The number of piperazine rings is 1. The molecule has 2 amide bonds. The van der Waals surface area contributed by atoms with Crippen molar-refractivity contribution >= 4 is 34.3 Å². The molecule has 33 heavy (non-hydrogen) atoms. The standard InChI is InChI=1S/C25H25ClN4O3/c26-19-8-5-18(6-9-19)24(32)29-13-11-28(12-14-29)22-15-30(16-23(22)31)25(33)21-10-7-17-3-1-2-4-20(17)27-21/h1-10,22-23,31H,11-16H2/t22-,23-/m1/s1. The molecule has 2 aliphatic rings. The Labute approximate surface area is 197 Å². The van der Waals surface area contributed by atoms with Gasteiger partial charge in [0, 0.05) is 55.2 Å². The Morgan fingerprint density at radius 2 is 1.58 bits per heavy atom. The van der Waals surface area contributed by atoms with Gasteiger partial charge in [-0.3, -0.25) is 14.5 Å². The molecule has 5 rings (SSSR count). The number of pyridine rings is 1. The second kappa shape index (κ2) is 9.09. The molecule has 2 fully saturated rings. The lowest BCUT2D eigenvalue weighted by atomic mass is 10.1. The molecule has 3 heterocycles. The zero-order chi connectivity index (χ0) is 22.9. The van der Waals surface area contributed by atoms with Gasteiger partial charge in [-0.25, -0.2) is 4.98 Å². The molecule has 2 aliphatic heterocycles. The van der Waals surface area contributed by atoms with E-state index in [2.05, 4.69) is 9.88 Å². The predicted octanol–water partition coefficient (Wildman–Crippen LogP) is 2.53. The number of rotatable bonds is 3. The summed E-state index contributed by atoms with van der Waals surface area (Å²) in [7, 11) is 0. The van der Waals surface area contributed by atoms with Gasteiger partial charge < -0.3 is 14.9 Å². The third-order valence-electron chi connectivity index (χ3n) is 6.53. The summed E-state index contributed by atoms with van der Waals surface area (Å²) in [6, 6.07) is 18.1. The van der Waals surface area contributed by atoms with Crippen molar-refractivity contribution in [1.29, 1.82) is 0 Å². The summed E-state index contributed by atoms with van der Waals surface area (Å²) in [5.74, 6) is -0.184. The topological polar surface area (TPSA) is 77.0 Å².